The zero-order valence-electron chi connectivity index (χ0n) is 9.20. The highest BCUT2D eigenvalue weighted by atomic mass is 16.5. The Morgan fingerprint density at radius 3 is 2.50 bits per heavy atom. The first-order valence-electron chi connectivity index (χ1n) is 5.39. The Bertz CT molecular complexity index is 147. The van der Waals surface area contributed by atoms with Gasteiger partial charge in [0.2, 0.25) is 0 Å². The van der Waals surface area contributed by atoms with Crippen LogP contribution in [0.2, 0.25) is 0 Å². The van der Waals surface area contributed by atoms with Crippen LogP contribution in [0.3, 0.4) is 0 Å². The smallest absolute Gasteiger partial charge is 0.0597 e. The van der Waals surface area contributed by atoms with E-state index in [1.807, 2.05) is 0 Å². The summed E-state index contributed by atoms with van der Waals surface area (Å²) >= 11 is 0. The Morgan fingerprint density at radius 1 is 1.36 bits per heavy atom. The Balaban J connectivity index is 2.23. The molecule has 4 heteroatoms. The summed E-state index contributed by atoms with van der Waals surface area (Å²) in [6.07, 6.45) is 0. The molecule has 0 aliphatic carbocycles. The molecular weight excluding hydrogens is 180 g/mol. The summed E-state index contributed by atoms with van der Waals surface area (Å²) in [6, 6.07) is 0.612. The minimum absolute atomic E-state index is 0.188. The van der Waals surface area contributed by atoms with Crippen LogP contribution in [0.15, 0.2) is 0 Å². The molecule has 4 nitrogen and oxygen atoms in total. The molecule has 2 N–H and O–H groups in total. The monoisotopic (exact) mass is 202 g/mol. The summed E-state index contributed by atoms with van der Waals surface area (Å²) in [5.74, 6) is 0. The first kappa shape index (κ1) is 11.9. The summed E-state index contributed by atoms with van der Waals surface area (Å²) in [5, 5.41) is 12.5. The lowest BCUT2D eigenvalue weighted by Crippen LogP contribution is -2.49. The molecule has 14 heavy (non-hydrogen) atoms. The second-order valence-electron chi connectivity index (χ2n) is 4.11. The Kier molecular flexibility index (Phi) is 5.40. The maximum atomic E-state index is 9.19. The fourth-order valence-corrected chi connectivity index (χ4v) is 1.73. The quantitative estimate of drug-likeness (QED) is 0.641. The van der Waals surface area contributed by atoms with Crippen molar-refractivity contribution in [3.63, 3.8) is 0 Å². The summed E-state index contributed by atoms with van der Waals surface area (Å²) < 4.78 is 5.27. The van der Waals surface area contributed by atoms with Gasteiger partial charge in [-0.2, -0.15) is 0 Å². The average Bonchev–Trinajstić information content (AvgIpc) is 2.17. The van der Waals surface area contributed by atoms with E-state index in [1.54, 1.807) is 0 Å². The largest absolute Gasteiger partial charge is 0.395 e. The van der Waals surface area contributed by atoms with Gasteiger partial charge >= 0.3 is 0 Å². The number of nitrogens with one attached hydrogen (secondary N) is 1. The molecular formula is C10H22N2O2. The molecule has 1 fully saturated rings. The van der Waals surface area contributed by atoms with Crippen molar-refractivity contribution in [2.45, 2.75) is 25.9 Å². The summed E-state index contributed by atoms with van der Waals surface area (Å²) in [7, 11) is 0. The molecule has 0 saturated carbocycles. The molecule has 1 aliphatic heterocycles. The highest BCUT2D eigenvalue weighted by Gasteiger charge is 2.16. The van der Waals surface area contributed by atoms with Gasteiger partial charge in [0.1, 0.15) is 0 Å². The third kappa shape index (κ3) is 4.37. The molecule has 1 heterocycles. The lowest BCUT2D eigenvalue weighted by molar-refractivity contribution is 0.0293. The van der Waals surface area contributed by atoms with E-state index in [1.165, 1.54) is 0 Å². The number of rotatable bonds is 5. The third-order valence-corrected chi connectivity index (χ3v) is 2.37. The number of aliphatic hydroxyl groups excluding tert-OH is 1. The van der Waals surface area contributed by atoms with Crippen LogP contribution >= 0.6 is 0 Å². The summed E-state index contributed by atoms with van der Waals surface area (Å²) in [5.41, 5.74) is 0. The highest BCUT2D eigenvalue weighted by molar-refractivity contribution is 4.74. The van der Waals surface area contributed by atoms with E-state index >= 15 is 0 Å². The van der Waals surface area contributed by atoms with Gasteiger partial charge < -0.3 is 15.2 Å². The molecule has 1 rings (SSSR count). The summed E-state index contributed by atoms with van der Waals surface area (Å²) in [6.45, 7) is 8.92. The number of hydrogen-bond acceptors (Lipinski definition) is 4. The third-order valence-electron chi connectivity index (χ3n) is 2.37. The fourth-order valence-electron chi connectivity index (χ4n) is 1.73. The average molecular weight is 202 g/mol. The Morgan fingerprint density at radius 2 is 2.00 bits per heavy atom. The Hall–Kier alpha value is -0.160. The van der Waals surface area contributed by atoms with Gasteiger partial charge in [0.05, 0.1) is 19.8 Å². The van der Waals surface area contributed by atoms with Gasteiger partial charge in [0.25, 0.3) is 0 Å². The van der Waals surface area contributed by atoms with Crippen molar-refractivity contribution < 1.29 is 9.84 Å². The molecule has 0 spiro atoms. The van der Waals surface area contributed by atoms with E-state index in [0.717, 1.165) is 32.8 Å². The van der Waals surface area contributed by atoms with Gasteiger partial charge in [-0.1, -0.05) is 13.8 Å². The van der Waals surface area contributed by atoms with Gasteiger partial charge in [-0.3, -0.25) is 4.90 Å². The van der Waals surface area contributed by atoms with Crippen LogP contribution in [0.5, 0.6) is 0 Å². The van der Waals surface area contributed by atoms with Crippen molar-refractivity contribution in [3.05, 3.63) is 0 Å². The van der Waals surface area contributed by atoms with Crippen LogP contribution in [0.4, 0.5) is 0 Å². The predicted octanol–water partition coefficient (Wildman–Crippen LogP) is -0.322. The molecule has 1 aliphatic rings. The molecule has 84 valence electrons. The zero-order valence-corrected chi connectivity index (χ0v) is 9.20. The maximum absolute atomic E-state index is 9.19. The van der Waals surface area contributed by atoms with E-state index < -0.39 is 0 Å². The van der Waals surface area contributed by atoms with Crippen molar-refractivity contribution in [1.29, 1.82) is 0 Å². The molecule has 0 amide bonds. The fraction of sp³-hybridized carbons (Fsp3) is 1.00. The van der Waals surface area contributed by atoms with Crippen molar-refractivity contribution >= 4 is 0 Å². The van der Waals surface area contributed by atoms with Crippen LogP contribution in [0.25, 0.3) is 0 Å². The van der Waals surface area contributed by atoms with Gasteiger partial charge in [0.15, 0.2) is 0 Å². The maximum Gasteiger partial charge on any atom is 0.0597 e. The van der Waals surface area contributed by atoms with Crippen LogP contribution < -0.4 is 5.32 Å². The topological polar surface area (TPSA) is 44.7 Å². The second kappa shape index (κ2) is 6.35. The van der Waals surface area contributed by atoms with Crippen molar-refractivity contribution in [1.82, 2.24) is 10.2 Å². The lowest BCUT2D eigenvalue weighted by Gasteiger charge is -2.30. The van der Waals surface area contributed by atoms with Crippen LogP contribution in [0, 0.1) is 0 Å². The first-order chi connectivity index (χ1) is 6.72. The molecule has 1 saturated heterocycles. The molecule has 0 bridgehead atoms. The number of hydrogen-bond donors (Lipinski definition) is 2. The van der Waals surface area contributed by atoms with E-state index in [9.17, 15) is 5.11 Å². The van der Waals surface area contributed by atoms with Crippen molar-refractivity contribution in [2.75, 3.05) is 39.5 Å². The molecule has 1 unspecified atom stereocenters. The lowest BCUT2D eigenvalue weighted by atomic mass is 10.2. The Labute approximate surface area is 86.2 Å². The summed E-state index contributed by atoms with van der Waals surface area (Å²) in [4.78, 5) is 2.33. The van der Waals surface area contributed by atoms with E-state index in [2.05, 4.69) is 24.1 Å². The standard InChI is InChI=1S/C10H22N2O2/c1-9(2)11-10(8-13)7-12-3-5-14-6-4-12/h9-11,13H,3-8H2,1-2H3. The van der Waals surface area contributed by atoms with Crippen molar-refractivity contribution in [3.8, 4) is 0 Å². The minimum Gasteiger partial charge on any atom is -0.395 e. The first-order valence-corrected chi connectivity index (χ1v) is 5.39. The molecule has 0 aromatic carbocycles. The van der Waals surface area contributed by atoms with E-state index in [-0.39, 0.29) is 12.6 Å². The molecule has 0 aromatic heterocycles. The normalized spacial score (nSPS) is 21.4. The number of ether oxygens (including phenoxy) is 1. The number of nitrogens with zero attached hydrogens (tertiary/aromatic N) is 1. The second-order valence-corrected chi connectivity index (χ2v) is 4.11. The van der Waals surface area contributed by atoms with Crippen LogP contribution in [-0.4, -0.2) is 61.5 Å². The number of morpholine rings is 1. The van der Waals surface area contributed by atoms with Gasteiger partial charge in [-0.15, -0.1) is 0 Å². The highest BCUT2D eigenvalue weighted by Crippen LogP contribution is 1.99. The van der Waals surface area contributed by atoms with Gasteiger partial charge in [0, 0.05) is 31.7 Å². The zero-order chi connectivity index (χ0) is 10.4. The van der Waals surface area contributed by atoms with Crippen LogP contribution in [0.1, 0.15) is 13.8 Å². The molecule has 1 atom stereocenters. The van der Waals surface area contributed by atoms with E-state index in [0.29, 0.717) is 6.04 Å². The number of aliphatic hydroxyl groups is 1. The van der Waals surface area contributed by atoms with Crippen molar-refractivity contribution in [2.24, 2.45) is 0 Å². The molecule has 0 aromatic rings. The SMILES string of the molecule is CC(C)NC(CO)CN1CCOCC1. The van der Waals surface area contributed by atoms with Crippen LogP contribution in [-0.2, 0) is 4.74 Å². The molecule has 0 radical (unpaired) electrons. The van der Waals surface area contributed by atoms with Gasteiger partial charge in [-0.05, 0) is 0 Å². The predicted molar refractivity (Wildman–Crippen MR) is 56.4 cm³/mol. The van der Waals surface area contributed by atoms with Gasteiger partial charge in [-0.25, -0.2) is 0 Å². The van der Waals surface area contributed by atoms with E-state index in [4.69, 9.17) is 4.74 Å². The minimum atomic E-state index is 0.188.